The fourth-order valence-corrected chi connectivity index (χ4v) is 5.77. The Bertz CT molecular complexity index is 1520. The van der Waals surface area contributed by atoms with E-state index in [9.17, 15) is 19.5 Å². The van der Waals surface area contributed by atoms with Gasteiger partial charge in [0.25, 0.3) is 11.8 Å². The van der Waals surface area contributed by atoms with Gasteiger partial charge >= 0.3 is 0 Å². The molecule has 8 nitrogen and oxygen atoms in total. The number of anilines is 1. The van der Waals surface area contributed by atoms with Crippen molar-refractivity contribution in [1.82, 2.24) is 5.32 Å². The summed E-state index contributed by atoms with van der Waals surface area (Å²) >= 11 is 0. The summed E-state index contributed by atoms with van der Waals surface area (Å²) in [6.07, 6.45) is 4.35. The molecule has 2 saturated carbocycles. The molecule has 2 aliphatic carbocycles. The molecule has 9 heteroatoms. The number of amides is 2. The lowest BCUT2D eigenvalue weighted by atomic mass is 9.70. The summed E-state index contributed by atoms with van der Waals surface area (Å²) in [6, 6.07) is 13.4. The van der Waals surface area contributed by atoms with Crippen LogP contribution in [0.4, 0.5) is 10.1 Å². The number of fused-ring (bicyclic) bond motifs is 1. The molecular formula is C33H36FN2O6-. The summed E-state index contributed by atoms with van der Waals surface area (Å²) in [7, 11) is 1.34. The standard InChI is InChI=1S/C33H37FN2O6/c1-32(11-6-12-32)19-35-29(37)23-15-20-7-4-5-8-21(20)16-26(23)36-30(38)24-17-28(25(34)18-27(24)41-3)42-22-9-13-33(2,14-10-22)31(39)40/h4-5,7-8,15-18,22H,6,9-14,19H2,1-3H3,(H,35,37)(H,36,38)(H,39,40)/p-1. The lowest BCUT2D eigenvalue weighted by Gasteiger charge is -2.38. The first-order valence-corrected chi connectivity index (χ1v) is 14.4. The smallest absolute Gasteiger partial charge is 0.259 e. The lowest BCUT2D eigenvalue weighted by molar-refractivity contribution is -0.320. The zero-order valence-electron chi connectivity index (χ0n) is 24.2. The highest BCUT2D eigenvalue weighted by Crippen LogP contribution is 2.40. The number of aliphatic carboxylic acids is 1. The first kappa shape index (κ1) is 29.4. The largest absolute Gasteiger partial charge is 0.550 e. The van der Waals surface area contributed by atoms with Crippen molar-refractivity contribution < 1.29 is 33.4 Å². The maximum absolute atomic E-state index is 15.0. The van der Waals surface area contributed by atoms with Crippen LogP contribution in [-0.2, 0) is 4.79 Å². The van der Waals surface area contributed by atoms with Crippen molar-refractivity contribution in [2.24, 2.45) is 10.8 Å². The molecule has 0 spiro atoms. The summed E-state index contributed by atoms with van der Waals surface area (Å²) in [5.41, 5.74) is -0.193. The van der Waals surface area contributed by atoms with Gasteiger partial charge in [-0.25, -0.2) is 4.39 Å². The molecule has 2 amide bonds. The molecule has 0 saturated heterocycles. The number of carbonyl (C=O) groups is 3. The molecule has 0 bridgehead atoms. The third kappa shape index (κ3) is 6.05. The monoisotopic (exact) mass is 575 g/mol. The predicted molar refractivity (Wildman–Crippen MR) is 155 cm³/mol. The van der Waals surface area contributed by atoms with Crippen LogP contribution in [0.5, 0.6) is 11.5 Å². The minimum Gasteiger partial charge on any atom is -0.550 e. The van der Waals surface area contributed by atoms with Crippen LogP contribution in [0.3, 0.4) is 0 Å². The molecule has 3 aromatic rings. The minimum absolute atomic E-state index is 0.00946. The molecule has 0 heterocycles. The van der Waals surface area contributed by atoms with Crippen LogP contribution >= 0.6 is 0 Å². The quantitative estimate of drug-likeness (QED) is 0.361. The van der Waals surface area contributed by atoms with Gasteiger partial charge in [0, 0.05) is 24.0 Å². The summed E-state index contributed by atoms with van der Waals surface area (Å²) in [5.74, 6) is -2.81. The van der Waals surface area contributed by atoms with E-state index in [2.05, 4.69) is 17.6 Å². The lowest BCUT2D eigenvalue weighted by Crippen LogP contribution is -2.44. The number of rotatable bonds is 9. The van der Waals surface area contributed by atoms with Gasteiger partial charge in [-0.15, -0.1) is 0 Å². The molecule has 0 radical (unpaired) electrons. The van der Waals surface area contributed by atoms with Gasteiger partial charge in [-0.3, -0.25) is 9.59 Å². The van der Waals surface area contributed by atoms with E-state index < -0.39 is 29.2 Å². The number of ether oxygens (including phenoxy) is 2. The summed E-state index contributed by atoms with van der Waals surface area (Å²) in [5, 5.41) is 19.0. The maximum Gasteiger partial charge on any atom is 0.259 e. The topological polar surface area (TPSA) is 117 Å². The van der Waals surface area contributed by atoms with Gasteiger partial charge < -0.3 is 30.0 Å². The van der Waals surface area contributed by atoms with E-state index in [1.807, 2.05) is 24.3 Å². The Morgan fingerprint density at radius 1 is 0.929 bits per heavy atom. The maximum atomic E-state index is 15.0. The normalized spacial score (nSPS) is 21.2. The third-order valence-corrected chi connectivity index (χ3v) is 8.94. The predicted octanol–water partition coefficient (Wildman–Crippen LogP) is 5.24. The van der Waals surface area contributed by atoms with Crippen LogP contribution in [0.1, 0.15) is 79.5 Å². The second kappa shape index (κ2) is 11.6. The Kier molecular flexibility index (Phi) is 8.12. The molecular weight excluding hydrogens is 539 g/mol. The molecule has 0 atom stereocenters. The number of benzene rings is 3. The molecule has 3 aromatic carbocycles. The Labute approximate surface area is 244 Å². The van der Waals surface area contributed by atoms with Gasteiger partial charge in [-0.1, -0.05) is 44.5 Å². The summed E-state index contributed by atoms with van der Waals surface area (Å²) in [4.78, 5) is 38.4. The van der Waals surface area contributed by atoms with Crippen LogP contribution < -0.4 is 25.2 Å². The second-order valence-corrected chi connectivity index (χ2v) is 12.2. The number of nitrogens with one attached hydrogen (secondary N) is 2. The Morgan fingerprint density at radius 3 is 2.19 bits per heavy atom. The summed E-state index contributed by atoms with van der Waals surface area (Å²) < 4.78 is 26.2. The van der Waals surface area contributed by atoms with E-state index >= 15 is 4.39 Å². The van der Waals surface area contributed by atoms with Gasteiger partial charge in [0.15, 0.2) is 11.6 Å². The third-order valence-electron chi connectivity index (χ3n) is 8.94. The van der Waals surface area contributed by atoms with E-state index in [4.69, 9.17) is 9.47 Å². The van der Waals surface area contributed by atoms with Crippen molar-refractivity contribution in [2.75, 3.05) is 19.0 Å². The number of hydrogen-bond acceptors (Lipinski definition) is 6. The van der Waals surface area contributed by atoms with Gasteiger partial charge in [0.1, 0.15) is 5.75 Å². The number of carboxylic acid groups (broad SMARTS) is 1. The molecule has 5 rings (SSSR count). The SMILES string of the molecule is COc1cc(F)c(OC2CCC(C)(C(=O)[O-])CC2)cc1C(=O)Nc1cc2ccccc2cc1C(=O)NCC1(C)CCC1. The number of hydrogen-bond donors (Lipinski definition) is 2. The van der Waals surface area contributed by atoms with Crippen molar-refractivity contribution in [1.29, 1.82) is 0 Å². The van der Waals surface area contributed by atoms with Crippen LogP contribution in [-0.4, -0.2) is 37.5 Å². The first-order valence-electron chi connectivity index (χ1n) is 14.4. The number of carboxylic acids is 1. The van der Waals surface area contributed by atoms with E-state index in [-0.39, 0.29) is 28.4 Å². The van der Waals surface area contributed by atoms with Gasteiger partial charge in [0.2, 0.25) is 0 Å². The molecule has 2 aliphatic rings. The molecule has 222 valence electrons. The molecule has 2 fully saturated rings. The van der Waals surface area contributed by atoms with Crippen LogP contribution in [0.15, 0.2) is 48.5 Å². The van der Waals surface area contributed by atoms with E-state index in [0.717, 1.165) is 36.1 Å². The molecule has 42 heavy (non-hydrogen) atoms. The van der Waals surface area contributed by atoms with Crippen LogP contribution in [0, 0.1) is 16.6 Å². The fourth-order valence-electron chi connectivity index (χ4n) is 5.77. The highest BCUT2D eigenvalue weighted by molar-refractivity contribution is 6.12. The van der Waals surface area contributed by atoms with E-state index in [1.54, 1.807) is 19.1 Å². The highest BCUT2D eigenvalue weighted by Gasteiger charge is 2.34. The Balaban J connectivity index is 1.40. The van der Waals surface area contributed by atoms with E-state index in [0.29, 0.717) is 43.5 Å². The van der Waals surface area contributed by atoms with Crippen LogP contribution in [0.25, 0.3) is 10.8 Å². The van der Waals surface area contributed by atoms with Crippen molar-refractivity contribution in [3.8, 4) is 11.5 Å². The minimum atomic E-state index is -1.10. The van der Waals surface area contributed by atoms with Crippen LogP contribution in [0.2, 0.25) is 0 Å². The van der Waals surface area contributed by atoms with Gasteiger partial charge in [0.05, 0.1) is 30.0 Å². The molecule has 0 aliphatic heterocycles. The zero-order chi connectivity index (χ0) is 30.1. The van der Waals surface area contributed by atoms with Crippen molar-refractivity contribution in [2.45, 2.75) is 64.9 Å². The fraction of sp³-hybridized carbons (Fsp3) is 0.424. The van der Waals surface area contributed by atoms with Gasteiger partial charge in [-0.05, 0) is 72.9 Å². The molecule has 0 aromatic heterocycles. The Morgan fingerprint density at radius 2 is 1.60 bits per heavy atom. The average Bonchev–Trinajstić information content (AvgIpc) is 2.96. The van der Waals surface area contributed by atoms with Crippen molar-refractivity contribution in [3.63, 3.8) is 0 Å². The summed E-state index contributed by atoms with van der Waals surface area (Å²) in [6.45, 7) is 4.33. The number of methoxy groups -OCH3 is 1. The average molecular weight is 576 g/mol. The zero-order valence-corrected chi connectivity index (χ0v) is 24.2. The second-order valence-electron chi connectivity index (χ2n) is 12.2. The molecule has 0 unspecified atom stereocenters. The molecule has 2 N–H and O–H groups in total. The first-order chi connectivity index (χ1) is 20.0. The van der Waals surface area contributed by atoms with E-state index in [1.165, 1.54) is 13.2 Å². The number of carbonyl (C=O) groups excluding carboxylic acids is 3. The van der Waals surface area contributed by atoms with Crippen molar-refractivity contribution >= 4 is 34.2 Å². The number of halogens is 1. The van der Waals surface area contributed by atoms with Gasteiger partial charge in [-0.2, -0.15) is 0 Å². The highest BCUT2D eigenvalue weighted by atomic mass is 19.1. The van der Waals surface area contributed by atoms with Crippen molar-refractivity contribution in [3.05, 3.63) is 65.5 Å². The Hall–Kier alpha value is -4.14.